The quantitative estimate of drug-likeness (QED) is 0.834. The Balaban J connectivity index is 1.62. The predicted molar refractivity (Wildman–Crippen MR) is 74.6 cm³/mol. The molecule has 0 aromatic carbocycles. The van der Waals surface area contributed by atoms with E-state index >= 15 is 0 Å². The van der Waals surface area contributed by atoms with Gasteiger partial charge in [0.25, 0.3) is 5.91 Å². The lowest BCUT2D eigenvalue weighted by Crippen LogP contribution is -2.41. The van der Waals surface area contributed by atoms with Gasteiger partial charge in [-0.15, -0.1) is 11.3 Å². The second-order valence-corrected chi connectivity index (χ2v) is 5.79. The van der Waals surface area contributed by atoms with Crippen LogP contribution in [0.25, 0.3) is 0 Å². The number of hydrogen-bond acceptors (Lipinski definition) is 4. The molecule has 2 aromatic rings. The zero-order valence-corrected chi connectivity index (χ0v) is 11.6. The van der Waals surface area contributed by atoms with E-state index in [1.165, 1.54) is 46.9 Å². The molecule has 2 N–H and O–H groups in total. The van der Waals surface area contributed by atoms with Gasteiger partial charge in [-0.3, -0.25) is 20.4 Å². The molecule has 1 aliphatic rings. The molecule has 0 spiro atoms. The number of furan rings is 1. The van der Waals surface area contributed by atoms with Gasteiger partial charge in [-0.25, -0.2) is 0 Å². The van der Waals surface area contributed by atoms with Crippen LogP contribution < -0.4 is 10.9 Å². The molecule has 0 saturated heterocycles. The van der Waals surface area contributed by atoms with Crippen LogP contribution in [-0.4, -0.2) is 11.8 Å². The van der Waals surface area contributed by atoms with Gasteiger partial charge < -0.3 is 4.42 Å². The molecule has 20 heavy (non-hydrogen) atoms. The summed E-state index contributed by atoms with van der Waals surface area (Å²) in [6, 6.07) is 5.07. The monoisotopic (exact) mass is 290 g/mol. The molecular formula is C14H14N2O3S. The number of fused-ring (bicyclic) bond motifs is 1. The Hall–Kier alpha value is -2.08. The van der Waals surface area contributed by atoms with Gasteiger partial charge in [-0.1, -0.05) is 0 Å². The van der Waals surface area contributed by atoms with Gasteiger partial charge in [0.05, 0.1) is 11.1 Å². The molecule has 2 amide bonds. The first-order chi connectivity index (χ1) is 9.74. The lowest BCUT2D eigenvalue weighted by atomic mass is 9.99. The van der Waals surface area contributed by atoms with Crippen molar-refractivity contribution in [1.29, 1.82) is 0 Å². The van der Waals surface area contributed by atoms with Crippen LogP contribution in [0, 0.1) is 0 Å². The molecule has 3 rings (SSSR count). The molecule has 5 nitrogen and oxygen atoms in total. The summed E-state index contributed by atoms with van der Waals surface area (Å²) in [5.74, 6) is -0.593. The molecule has 6 heteroatoms. The summed E-state index contributed by atoms with van der Waals surface area (Å²) in [6.07, 6.45) is 5.86. The molecule has 1 aliphatic carbocycles. The summed E-state index contributed by atoms with van der Waals surface area (Å²) in [5, 5.41) is 0. The molecule has 2 heterocycles. The van der Waals surface area contributed by atoms with Crippen molar-refractivity contribution in [2.45, 2.75) is 25.7 Å². The molecule has 0 radical (unpaired) electrons. The standard InChI is InChI=1S/C14H14N2O3S/c17-13(10-5-3-7-19-10)15-16-14(18)12-8-9-4-1-2-6-11(9)20-12/h3,5,7-8H,1-2,4,6H2,(H,15,17)(H,16,18). The number of amides is 2. The highest BCUT2D eigenvalue weighted by Gasteiger charge is 2.18. The third-order valence-electron chi connectivity index (χ3n) is 3.25. The smallest absolute Gasteiger partial charge is 0.305 e. The second-order valence-electron chi connectivity index (χ2n) is 4.65. The Labute approximate surface area is 119 Å². The molecule has 2 aromatic heterocycles. The van der Waals surface area contributed by atoms with Crippen molar-refractivity contribution in [2.75, 3.05) is 0 Å². The maximum absolute atomic E-state index is 12.0. The Morgan fingerprint density at radius 1 is 1.15 bits per heavy atom. The summed E-state index contributed by atoms with van der Waals surface area (Å²) < 4.78 is 4.94. The number of aryl methyl sites for hydroxylation is 2. The highest BCUT2D eigenvalue weighted by atomic mass is 32.1. The average molecular weight is 290 g/mol. The lowest BCUT2D eigenvalue weighted by Gasteiger charge is -2.08. The molecule has 104 valence electrons. The number of carbonyl (C=O) groups is 2. The van der Waals surface area contributed by atoms with Crippen molar-refractivity contribution in [3.05, 3.63) is 45.5 Å². The third kappa shape index (κ3) is 2.60. The number of nitrogens with one attached hydrogen (secondary N) is 2. The summed E-state index contributed by atoms with van der Waals surface area (Å²) in [7, 11) is 0. The van der Waals surface area contributed by atoms with E-state index in [2.05, 4.69) is 10.9 Å². The van der Waals surface area contributed by atoms with E-state index in [0.717, 1.165) is 12.8 Å². The fraction of sp³-hybridized carbons (Fsp3) is 0.286. The number of hydrazine groups is 1. The summed E-state index contributed by atoms with van der Waals surface area (Å²) in [5.41, 5.74) is 6.01. The van der Waals surface area contributed by atoms with Gasteiger partial charge in [0.1, 0.15) is 0 Å². The molecule has 0 fully saturated rings. The average Bonchev–Trinajstić information content (AvgIpc) is 3.12. The van der Waals surface area contributed by atoms with E-state index in [4.69, 9.17) is 4.42 Å². The van der Waals surface area contributed by atoms with E-state index in [1.54, 1.807) is 6.07 Å². The Bertz CT molecular complexity index is 607. The predicted octanol–water partition coefficient (Wildman–Crippen LogP) is 2.29. The van der Waals surface area contributed by atoms with Crippen LogP contribution in [-0.2, 0) is 12.8 Å². The van der Waals surface area contributed by atoms with E-state index in [1.807, 2.05) is 6.07 Å². The number of thiophene rings is 1. The van der Waals surface area contributed by atoms with E-state index in [9.17, 15) is 9.59 Å². The fourth-order valence-corrected chi connectivity index (χ4v) is 3.40. The minimum atomic E-state index is -0.468. The minimum absolute atomic E-state index is 0.163. The zero-order valence-electron chi connectivity index (χ0n) is 10.8. The normalized spacial score (nSPS) is 13.6. The van der Waals surface area contributed by atoms with Crippen molar-refractivity contribution in [3.63, 3.8) is 0 Å². The summed E-state index contributed by atoms with van der Waals surface area (Å²) in [4.78, 5) is 25.5. The first-order valence-electron chi connectivity index (χ1n) is 6.50. The van der Waals surface area contributed by atoms with E-state index in [-0.39, 0.29) is 11.7 Å². The van der Waals surface area contributed by atoms with Crippen molar-refractivity contribution >= 4 is 23.2 Å². The topological polar surface area (TPSA) is 71.3 Å². The van der Waals surface area contributed by atoms with E-state index < -0.39 is 5.91 Å². The van der Waals surface area contributed by atoms with Crippen molar-refractivity contribution < 1.29 is 14.0 Å². The van der Waals surface area contributed by atoms with Crippen LogP contribution in [0.3, 0.4) is 0 Å². The summed E-state index contributed by atoms with van der Waals surface area (Å²) in [6.45, 7) is 0. The van der Waals surface area contributed by atoms with Crippen LogP contribution >= 0.6 is 11.3 Å². The third-order valence-corrected chi connectivity index (χ3v) is 4.49. The van der Waals surface area contributed by atoms with Crippen LogP contribution in [0.4, 0.5) is 0 Å². The molecule has 0 atom stereocenters. The first kappa shape index (κ1) is 12.9. The van der Waals surface area contributed by atoms with Gasteiger partial charge in [-0.05, 0) is 49.4 Å². The maximum atomic E-state index is 12.0. The molecule has 0 aliphatic heterocycles. The van der Waals surface area contributed by atoms with Crippen molar-refractivity contribution in [1.82, 2.24) is 10.9 Å². The van der Waals surface area contributed by atoms with Gasteiger partial charge in [0.15, 0.2) is 5.76 Å². The molecule has 0 unspecified atom stereocenters. The van der Waals surface area contributed by atoms with Crippen LogP contribution in [0.1, 0.15) is 43.5 Å². The maximum Gasteiger partial charge on any atom is 0.305 e. The Morgan fingerprint density at radius 3 is 2.70 bits per heavy atom. The lowest BCUT2D eigenvalue weighted by molar-refractivity contribution is 0.0833. The molecule has 0 saturated carbocycles. The first-order valence-corrected chi connectivity index (χ1v) is 7.31. The van der Waals surface area contributed by atoms with Gasteiger partial charge in [-0.2, -0.15) is 0 Å². The highest BCUT2D eigenvalue weighted by Crippen LogP contribution is 2.29. The van der Waals surface area contributed by atoms with Crippen LogP contribution in [0.15, 0.2) is 28.9 Å². The Kier molecular flexibility index (Phi) is 3.56. The van der Waals surface area contributed by atoms with Crippen molar-refractivity contribution in [3.8, 4) is 0 Å². The largest absolute Gasteiger partial charge is 0.459 e. The van der Waals surface area contributed by atoms with Crippen LogP contribution in [0.2, 0.25) is 0 Å². The number of carbonyl (C=O) groups excluding carboxylic acids is 2. The van der Waals surface area contributed by atoms with Crippen LogP contribution in [0.5, 0.6) is 0 Å². The van der Waals surface area contributed by atoms with Crippen molar-refractivity contribution in [2.24, 2.45) is 0 Å². The van der Waals surface area contributed by atoms with Gasteiger partial charge >= 0.3 is 5.91 Å². The summed E-state index contributed by atoms with van der Waals surface area (Å²) >= 11 is 1.51. The van der Waals surface area contributed by atoms with E-state index in [0.29, 0.717) is 4.88 Å². The SMILES string of the molecule is O=C(NNC(=O)c1cc2c(s1)CCCC2)c1ccco1. The Morgan fingerprint density at radius 2 is 1.95 bits per heavy atom. The number of hydrogen-bond donors (Lipinski definition) is 2. The fourth-order valence-electron chi connectivity index (χ4n) is 2.25. The second kappa shape index (κ2) is 5.50. The van der Waals surface area contributed by atoms with Gasteiger partial charge in [0, 0.05) is 4.88 Å². The highest BCUT2D eigenvalue weighted by molar-refractivity contribution is 7.14. The molecule has 0 bridgehead atoms. The minimum Gasteiger partial charge on any atom is -0.459 e. The number of rotatable bonds is 2. The zero-order chi connectivity index (χ0) is 13.9. The molecular weight excluding hydrogens is 276 g/mol. The van der Waals surface area contributed by atoms with Gasteiger partial charge in [0.2, 0.25) is 0 Å².